The summed E-state index contributed by atoms with van der Waals surface area (Å²) < 4.78 is 0. The van der Waals surface area contributed by atoms with Crippen LogP contribution in [-0.4, -0.2) is 9.97 Å². The van der Waals surface area contributed by atoms with Crippen LogP contribution in [0.5, 0.6) is 5.88 Å². The average Bonchev–Trinajstić information content (AvgIpc) is 1.64. The van der Waals surface area contributed by atoms with Crippen LogP contribution in [0.2, 0.25) is 0 Å². The minimum Gasteiger partial charge on any atom is -0.860 e. The van der Waals surface area contributed by atoms with Gasteiger partial charge < -0.3 is 10.1 Å². The molecule has 0 spiro atoms. The van der Waals surface area contributed by atoms with Gasteiger partial charge in [-0.3, -0.25) is 0 Å². The van der Waals surface area contributed by atoms with Crippen molar-refractivity contribution in [3.8, 4) is 5.88 Å². The molecule has 1 heterocycles. The van der Waals surface area contributed by atoms with Crippen molar-refractivity contribution < 1.29 is 56.5 Å². The maximum atomic E-state index is 10.2. The number of hydrogen-bond donors (Lipinski definition) is 1. The molecule has 0 aliphatic heterocycles. The molecular weight excluding hydrogens is 147 g/mol. The smallest absolute Gasteiger partial charge is 0.860 e. The number of aromatic nitrogens is 2. The first-order valence-electron chi connectivity index (χ1n) is 2.01. The number of aromatic amines is 1. The fraction of sp³-hybridized carbons (Fsp3) is 0. The minimum absolute atomic E-state index is 0. The van der Waals surface area contributed by atoms with Crippen molar-refractivity contribution in [1.29, 1.82) is 0 Å². The molecule has 1 rings (SSSR count). The van der Waals surface area contributed by atoms with Gasteiger partial charge in [-0.25, -0.2) is 9.78 Å². The van der Waals surface area contributed by atoms with Gasteiger partial charge in [0, 0.05) is 6.20 Å². The van der Waals surface area contributed by atoms with E-state index in [4.69, 9.17) is 0 Å². The second-order valence-corrected chi connectivity index (χ2v) is 1.24. The molecule has 1 aromatic rings. The summed E-state index contributed by atoms with van der Waals surface area (Å²) in [5.41, 5.74) is -0.600. The molecule has 0 aliphatic rings. The van der Waals surface area contributed by atoms with Crippen LogP contribution in [0, 0.1) is 0 Å². The molecule has 0 aromatic carbocycles. The van der Waals surface area contributed by atoms with Gasteiger partial charge in [-0.1, -0.05) is 0 Å². The Balaban J connectivity index is 0.000000640. The summed E-state index contributed by atoms with van der Waals surface area (Å²) in [6, 6.07) is 1.18. The van der Waals surface area contributed by atoms with Gasteiger partial charge in [-0.2, -0.15) is 0 Å². The number of nitrogens with zero attached hydrogens (tertiary/aromatic N) is 1. The van der Waals surface area contributed by atoms with E-state index in [1.165, 1.54) is 12.3 Å². The van der Waals surface area contributed by atoms with E-state index in [1.807, 2.05) is 4.98 Å². The Morgan fingerprint density at radius 2 is 2.33 bits per heavy atom. The first kappa shape index (κ1) is 9.32. The summed E-state index contributed by atoms with van der Waals surface area (Å²) >= 11 is 0. The SMILES string of the molecule is O=c1nccc([O-])[nH]1.[K+]. The topological polar surface area (TPSA) is 68.8 Å². The van der Waals surface area contributed by atoms with Gasteiger partial charge in [0.15, 0.2) is 0 Å². The molecule has 5 heteroatoms. The first-order valence-corrected chi connectivity index (χ1v) is 2.01. The molecule has 0 unspecified atom stereocenters. The van der Waals surface area contributed by atoms with Crippen molar-refractivity contribution >= 4 is 0 Å². The van der Waals surface area contributed by atoms with E-state index < -0.39 is 11.6 Å². The maximum absolute atomic E-state index is 10.2. The molecule has 0 bridgehead atoms. The average molecular weight is 150 g/mol. The second kappa shape index (κ2) is 4.18. The molecule has 0 atom stereocenters. The van der Waals surface area contributed by atoms with Crippen molar-refractivity contribution in [3.05, 3.63) is 22.7 Å². The molecule has 9 heavy (non-hydrogen) atoms. The molecule has 0 amide bonds. The van der Waals surface area contributed by atoms with Gasteiger partial charge in [0.2, 0.25) is 0 Å². The fourth-order valence-electron chi connectivity index (χ4n) is 0.352. The third kappa shape index (κ3) is 3.12. The fourth-order valence-corrected chi connectivity index (χ4v) is 0.352. The van der Waals surface area contributed by atoms with Crippen molar-refractivity contribution in [2.75, 3.05) is 0 Å². The zero-order chi connectivity index (χ0) is 5.98. The van der Waals surface area contributed by atoms with Gasteiger partial charge >= 0.3 is 57.1 Å². The van der Waals surface area contributed by atoms with Crippen LogP contribution < -0.4 is 62.2 Å². The normalized spacial score (nSPS) is 8.00. The Hall–Kier alpha value is 0.316. The predicted octanol–water partition coefficient (Wildman–Crippen LogP) is -4.15. The van der Waals surface area contributed by atoms with Gasteiger partial charge in [0.1, 0.15) is 0 Å². The van der Waals surface area contributed by atoms with Crippen LogP contribution in [0.25, 0.3) is 0 Å². The van der Waals surface area contributed by atoms with Crippen LogP contribution in [0.15, 0.2) is 17.1 Å². The molecule has 1 N–H and O–H groups in total. The van der Waals surface area contributed by atoms with Crippen molar-refractivity contribution in [2.24, 2.45) is 0 Å². The van der Waals surface area contributed by atoms with Crippen LogP contribution in [-0.2, 0) is 0 Å². The molecule has 0 aliphatic carbocycles. The summed E-state index contributed by atoms with van der Waals surface area (Å²) in [4.78, 5) is 15.3. The number of hydrogen-bond acceptors (Lipinski definition) is 3. The summed E-state index contributed by atoms with van der Waals surface area (Å²) in [6.45, 7) is 0. The molecule has 0 saturated carbocycles. The van der Waals surface area contributed by atoms with Gasteiger partial charge in [-0.15, -0.1) is 0 Å². The Morgan fingerprint density at radius 3 is 2.67 bits per heavy atom. The molecule has 4 nitrogen and oxygen atoms in total. The van der Waals surface area contributed by atoms with E-state index in [0.29, 0.717) is 0 Å². The predicted molar refractivity (Wildman–Crippen MR) is 24.3 cm³/mol. The minimum atomic E-state index is -0.600. The van der Waals surface area contributed by atoms with Crippen LogP contribution in [0.3, 0.4) is 0 Å². The number of H-pyrrole nitrogens is 1. The van der Waals surface area contributed by atoms with E-state index in [2.05, 4.69) is 4.98 Å². The van der Waals surface area contributed by atoms with E-state index in [-0.39, 0.29) is 51.4 Å². The zero-order valence-corrected chi connectivity index (χ0v) is 8.04. The standard InChI is InChI=1S/C4H4N2O2.K/c7-3-1-2-5-4(8)6-3;/h1-2H,(H2,5,6,7,8);/q;+1/p-1. The van der Waals surface area contributed by atoms with E-state index >= 15 is 0 Å². The zero-order valence-electron chi connectivity index (χ0n) is 4.92. The second-order valence-electron chi connectivity index (χ2n) is 1.24. The Kier molecular flexibility index (Phi) is 4.33. The monoisotopic (exact) mass is 150 g/mol. The number of nitrogens with one attached hydrogen (secondary N) is 1. The van der Waals surface area contributed by atoms with Crippen molar-refractivity contribution in [2.45, 2.75) is 0 Å². The van der Waals surface area contributed by atoms with Crippen molar-refractivity contribution in [3.63, 3.8) is 0 Å². The third-order valence-corrected chi connectivity index (χ3v) is 0.648. The Morgan fingerprint density at radius 1 is 1.67 bits per heavy atom. The molecule has 1 aromatic heterocycles. The van der Waals surface area contributed by atoms with E-state index in [9.17, 15) is 9.90 Å². The largest absolute Gasteiger partial charge is 1.00 e. The Labute approximate surface area is 93.7 Å². The van der Waals surface area contributed by atoms with Gasteiger partial charge in [0.25, 0.3) is 0 Å². The molecular formula is C4H3KN2O2. The van der Waals surface area contributed by atoms with E-state index in [1.54, 1.807) is 0 Å². The third-order valence-electron chi connectivity index (χ3n) is 0.648. The van der Waals surface area contributed by atoms with E-state index in [0.717, 1.165) is 0 Å². The van der Waals surface area contributed by atoms with Crippen LogP contribution >= 0.6 is 0 Å². The summed E-state index contributed by atoms with van der Waals surface area (Å²) in [5, 5.41) is 10.2. The summed E-state index contributed by atoms with van der Waals surface area (Å²) in [6.07, 6.45) is 1.17. The molecule has 42 valence electrons. The maximum Gasteiger partial charge on any atom is 1.00 e. The van der Waals surface area contributed by atoms with Crippen LogP contribution in [0.1, 0.15) is 0 Å². The van der Waals surface area contributed by atoms with Crippen LogP contribution in [0.4, 0.5) is 0 Å². The molecule has 0 saturated heterocycles. The van der Waals surface area contributed by atoms with Crippen molar-refractivity contribution in [1.82, 2.24) is 9.97 Å². The molecule has 0 radical (unpaired) electrons. The van der Waals surface area contributed by atoms with Gasteiger partial charge in [-0.05, 0) is 11.9 Å². The quantitative estimate of drug-likeness (QED) is 0.382. The Bertz CT molecular complexity index is 234. The summed E-state index contributed by atoms with van der Waals surface area (Å²) in [7, 11) is 0. The summed E-state index contributed by atoms with van der Waals surface area (Å²) in [5.74, 6) is -0.412. The first-order chi connectivity index (χ1) is 3.79. The molecule has 0 fully saturated rings. The number of rotatable bonds is 0. The van der Waals surface area contributed by atoms with Gasteiger partial charge in [0.05, 0.1) is 0 Å².